The Morgan fingerprint density at radius 3 is 2.81 bits per heavy atom. The molecule has 1 aromatic heterocycles. The molecule has 1 amide bonds. The first kappa shape index (κ1) is 18.3. The van der Waals surface area contributed by atoms with Crippen LogP contribution in [0, 0.1) is 0 Å². The number of methoxy groups -OCH3 is 1. The average Bonchev–Trinajstić information content (AvgIpc) is 3.21. The minimum absolute atomic E-state index is 0.155. The molecule has 6 nitrogen and oxygen atoms in total. The van der Waals surface area contributed by atoms with Crippen LogP contribution in [0.4, 0.5) is 5.00 Å². The van der Waals surface area contributed by atoms with Crippen LogP contribution in [0.3, 0.4) is 0 Å². The molecule has 0 saturated heterocycles. The van der Waals surface area contributed by atoms with Crippen LogP contribution in [-0.2, 0) is 22.4 Å². The van der Waals surface area contributed by atoms with Crippen molar-refractivity contribution in [1.29, 1.82) is 0 Å². The van der Waals surface area contributed by atoms with Crippen LogP contribution in [-0.4, -0.2) is 32.2 Å². The summed E-state index contributed by atoms with van der Waals surface area (Å²) in [5.41, 5.74) is 1.51. The Hall–Kier alpha value is -2.54. The van der Waals surface area contributed by atoms with E-state index in [1.54, 1.807) is 38.3 Å². The summed E-state index contributed by atoms with van der Waals surface area (Å²) in [6, 6.07) is 7.04. The van der Waals surface area contributed by atoms with E-state index < -0.39 is 0 Å². The molecule has 1 aliphatic carbocycles. The molecule has 0 saturated carbocycles. The molecule has 7 heteroatoms. The Balaban J connectivity index is 1.68. The van der Waals surface area contributed by atoms with Crippen molar-refractivity contribution in [2.75, 3.05) is 25.6 Å². The van der Waals surface area contributed by atoms with E-state index in [0.29, 0.717) is 28.7 Å². The Morgan fingerprint density at radius 1 is 1.23 bits per heavy atom. The quantitative estimate of drug-likeness (QED) is 0.751. The molecular weight excluding hydrogens is 354 g/mol. The Morgan fingerprint density at radius 2 is 2.04 bits per heavy atom. The maximum Gasteiger partial charge on any atom is 0.341 e. The van der Waals surface area contributed by atoms with Crippen LogP contribution in [0.1, 0.15) is 34.1 Å². The molecule has 0 bridgehead atoms. The molecule has 3 rings (SSSR count). The van der Waals surface area contributed by atoms with Crippen LogP contribution in [0.25, 0.3) is 0 Å². The standard InChI is InChI=1S/C19H21NO5S/c1-3-24-19(22)17-14-8-5-9-15(14)26-18(17)20-16(21)11-25-13-7-4-6-12(10-13)23-2/h4,6-7,10H,3,5,8-9,11H2,1-2H3,(H,20,21). The normalized spacial score (nSPS) is 12.4. The molecule has 0 unspecified atom stereocenters. The predicted octanol–water partition coefficient (Wildman–Crippen LogP) is 3.44. The van der Waals surface area contributed by atoms with Gasteiger partial charge in [0.15, 0.2) is 6.61 Å². The third kappa shape index (κ3) is 3.99. The van der Waals surface area contributed by atoms with E-state index in [-0.39, 0.29) is 18.5 Å². The lowest BCUT2D eigenvalue weighted by Gasteiger charge is -2.09. The maximum absolute atomic E-state index is 12.3. The van der Waals surface area contributed by atoms with Crippen molar-refractivity contribution in [1.82, 2.24) is 0 Å². The van der Waals surface area contributed by atoms with E-state index in [1.807, 2.05) is 0 Å². The summed E-state index contributed by atoms with van der Waals surface area (Å²) < 4.78 is 15.8. The van der Waals surface area contributed by atoms with Crippen LogP contribution >= 0.6 is 11.3 Å². The van der Waals surface area contributed by atoms with E-state index in [4.69, 9.17) is 14.2 Å². The fourth-order valence-electron chi connectivity index (χ4n) is 2.91. The summed E-state index contributed by atoms with van der Waals surface area (Å²) in [4.78, 5) is 25.7. The van der Waals surface area contributed by atoms with Gasteiger partial charge in [-0.15, -0.1) is 11.3 Å². The molecule has 0 spiro atoms. The van der Waals surface area contributed by atoms with Gasteiger partial charge in [-0.05, 0) is 43.9 Å². The first-order chi connectivity index (χ1) is 12.6. The van der Waals surface area contributed by atoms with Crippen molar-refractivity contribution in [3.63, 3.8) is 0 Å². The third-order valence-corrected chi connectivity index (χ3v) is 5.27. The molecule has 26 heavy (non-hydrogen) atoms. The molecule has 0 radical (unpaired) electrons. The molecule has 2 aromatic rings. The van der Waals surface area contributed by atoms with Gasteiger partial charge in [0.1, 0.15) is 16.5 Å². The lowest BCUT2D eigenvalue weighted by Crippen LogP contribution is -2.21. The van der Waals surface area contributed by atoms with E-state index >= 15 is 0 Å². The van der Waals surface area contributed by atoms with Crippen molar-refractivity contribution < 1.29 is 23.8 Å². The largest absolute Gasteiger partial charge is 0.497 e. The molecule has 1 aromatic carbocycles. The molecule has 0 atom stereocenters. The van der Waals surface area contributed by atoms with Gasteiger partial charge in [0.2, 0.25) is 0 Å². The van der Waals surface area contributed by atoms with Crippen molar-refractivity contribution in [2.24, 2.45) is 0 Å². The summed E-state index contributed by atoms with van der Waals surface area (Å²) in [5.74, 6) is 0.496. The lowest BCUT2D eigenvalue weighted by atomic mass is 10.1. The van der Waals surface area contributed by atoms with Gasteiger partial charge < -0.3 is 19.5 Å². The highest BCUT2D eigenvalue weighted by Crippen LogP contribution is 2.39. The van der Waals surface area contributed by atoms with Crippen molar-refractivity contribution in [2.45, 2.75) is 26.2 Å². The Labute approximate surface area is 156 Å². The second-order valence-corrected chi connectivity index (χ2v) is 6.90. The van der Waals surface area contributed by atoms with Gasteiger partial charge in [-0.25, -0.2) is 4.79 Å². The van der Waals surface area contributed by atoms with Crippen molar-refractivity contribution in [3.8, 4) is 11.5 Å². The number of amides is 1. The van der Waals surface area contributed by atoms with Gasteiger partial charge >= 0.3 is 5.97 Å². The van der Waals surface area contributed by atoms with E-state index in [2.05, 4.69) is 5.32 Å². The van der Waals surface area contributed by atoms with Crippen LogP contribution in [0.2, 0.25) is 0 Å². The molecular formula is C19H21NO5S. The Bertz CT molecular complexity index is 814. The smallest absolute Gasteiger partial charge is 0.341 e. The van der Waals surface area contributed by atoms with Gasteiger partial charge in [-0.3, -0.25) is 4.79 Å². The summed E-state index contributed by atoms with van der Waals surface area (Å²) >= 11 is 1.45. The minimum atomic E-state index is -0.379. The zero-order valence-electron chi connectivity index (χ0n) is 14.8. The summed E-state index contributed by atoms with van der Waals surface area (Å²) in [6.45, 7) is 1.92. The summed E-state index contributed by atoms with van der Waals surface area (Å²) in [7, 11) is 1.57. The third-order valence-electron chi connectivity index (χ3n) is 4.06. The second kappa shape index (κ2) is 8.23. The number of nitrogens with one attached hydrogen (secondary N) is 1. The number of carbonyl (C=O) groups is 2. The maximum atomic E-state index is 12.3. The zero-order valence-corrected chi connectivity index (χ0v) is 15.6. The van der Waals surface area contributed by atoms with E-state index in [1.165, 1.54) is 11.3 Å². The number of ether oxygens (including phenoxy) is 3. The summed E-state index contributed by atoms with van der Waals surface area (Å²) in [5, 5.41) is 3.35. The van der Waals surface area contributed by atoms with Crippen LogP contribution in [0.5, 0.6) is 11.5 Å². The monoisotopic (exact) mass is 375 g/mol. The number of esters is 1. The number of fused-ring (bicyclic) bond motifs is 1. The van der Waals surface area contributed by atoms with Crippen LogP contribution in [0.15, 0.2) is 24.3 Å². The van der Waals surface area contributed by atoms with Gasteiger partial charge in [0, 0.05) is 10.9 Å². The molecule has 0 fully saturated rings. The highest BCUT2D eigenvalue weighted by atomic mass is 32.1. The SMILES string of the molecule is CCOC(=O)c1c(NC(=O)COc2cccc(OC)c2)sc2c1CCC2. The molecule has 1 aliphatic rings. The second-order valence-electron chi connectivity index (χ2n) is 5.80. The zero-order chi connectivity index (χ0) is 18.5. The van der Waals surface area contributed by atoms with Gasteiger partial charge in [-0.2, -0.15) is 0 Å². The summed E-state index contributed by atoms with van der Waals surface area (Å²) in [6.07, 6.45) is 2.81. The first-order valence-corrected chi connectivity index (χ1v) is 9.32. The van der Waals surface area contributed by atoms with Crippen LogP contribution < -0.4 is 14.8 Å². The van der Waals surface area contributed by atoms with Crippen molar-refractivity contribution in [3.05, 3.63) is 40.3 Å². The lowest BCUT2D eigenvalue weighted by molar-refractivity contribution is -0.118. The fourth-order valence-corrected chi connectivity index (χ4v) is 4.21. The topological polar surface area (TPSA) is 73.9 Å². The van der Waals surface area contributed by atoms with Gasteiger partial charge in [0.25, 0.3) is 5.91 Å². The number of hydrogen-bond donors (Lipinski definition) is 1. The van der Waals surface area contributed by atoms with Gasteiger partial charge in [-0.1, -0.05) is 6.07 Å². The molecule has 0 aliphatic heterocycles. The number of thiophene rings is 1. The Kier molecular flexibility index (Phi) is 5.78. The number of anilines is 1. The van der Waals surface area contributed by atoms with Gasteiger partial charge in [0.05, 0.1) is 19.3 Å². The number of aryl methyl sites for hydroxylation is 1. The molecule has 1 N–H and O–H groups in total. The number of hydrogen-bond acceptors (Lipinski definition) is 6. The molecule has 1 heterocycles. The number of rotatable bonds is 7. The number of benzene rings is 1. The average molecular weight is 375 g/mol. The minimum Gasteiger partial charge on any atom is -0.497 e. The number of carbonyl (C=O) groups excluding carboxylic acids is 2. The highest BCUT2D eigenvalue weighted by molar-refractivity contribution is 7.17. The highest BCUT2D eigenvalue weighted by Gasteiger charge is 2.28. The first-order valence-electron chi connectivity index (χ1n) is 8.50. The predicted molar refractivity (Wildman–Crippen MR) is 99.4 cm³/mol. The van der Waals surface area contributed by atoms with E-state index in [0.717, 1.165) is 29.7 Å². The fraction of sp³-hybridized carbons (Fsp3) is 0.368. The van der Waals surface area contributed by atoms with E-state index in [9.17, 15) is 9.59 Å². The molecule has 138 valence electrons. The van der Waals surface area contributed by atoms with Crippen molar-refractivity contribution >= 4 is 28.2 Å².